The molecule has 106 valence electrons. The summed E-state index contributed by atoms with van der Waals surface area (Å²) in [7, 11) is -3.57. The molecule has 0 saturated heterocycles. The summed E-state index contributed by atoms with van der Waals surface area (Å²) in [6, 6.07) is 6.23. The van der Waals surface area contributed by atoms with E-state index in [0.717, 1.165) is 0 Å². The maximum absolute atomic E-state index is 12.1. The fourth-order valence-corrected chi connectivity index (χ4v) is 2.76. The molecule has 1 unspecified atom stereocenters. The number of benzene rings is 1. The van der Waals surface area contributed by atoms with Gasteiger partial charge in [-0.15, -0.1) is 0 Å². The van der Waals surface area contributed by atoms with Gasteiger partial charge in [0.2, 0.25) is 10.0 Å². The zero-order valence-corrected chi connectivity index (χ0v) is 12.6. The van der Waals surface area contributed by atoms with Crippen LogP contribution in [0.4, 0.5) is 0 Å². The summed E-state index contributed by atoms with van der Waals surface area (Å²) in [5, 5.41) is 0. The molecule has 19 heavy (non-hydrogen) atoms. The van der Waals surface area contributed by atoms with Crippen LogP contribution in [0.5, 0.6) is 0 Å². The first-order valence-corrected chi connectivity index (χ1v) is 7.77. The van der Waals surface area contributed by atoms with Crippen LogP contribution in [0.2, 0.25) is 0 Å². The third kappa shape index (κ3) is 4.87. The molecule has 1 rings (SSSR count). The van der Waals surface area contributed by atoms with Crippen LogP contribution in [-0.4, -0.2) is 32.7 Å². The fraction of sp³-hybridized carbons (Fsp3) is 0.417. The van der Waals surface area contributed by atoms with Crippen LogP contribution in [-0.2, 0) is 14.8 Å². The summed E-state index contributed by atoms with van der Waals surface area (Å²) >= 11 is 4.83. The van der Waals surface area contributed by atoms with Gasteiger partial charge >= 0.3 is 0 Å². The third-order valence-electron chi connectivity index (χ3n) is 2.44. The fourth-order valence-electron chi connectivity index (χ4n) is 1.47. The molecule has 0 aliphatic heterocycles. The highest BCUT2D eigenvalue weighted by Crippen LogP contribution is 2.11. The average molecular weight is 302 g/mol. The lowest BCUT2D eigenvalue weighted by Crippen LogP contribution is -2.32. The van der Waals surface area contributed by atoms with Gasteiger partial charge in [0.05, 0.1) is 11.0 Å². The van der Waals surface area contributed by atoms with Crippen molar-refractivity contribution in [3.05, 3.63) is 29.8 Å². The second kappa shape index (κ2) is 6.95. The lowest BCUT2D eigenvalue weighted by molar-refractivity contribution is 0.0799. The Morgan fingerprint density at radius 2 is 2.21 bits per heavy atom. The second-order valence-corrected chi connectivity index (χ2v) is 6.22. The van der Waals surface area contributed by atoms with Crippen LogP contribution >= 0.6 is 12.2 Å². The van der Waals surface area contributed by atoms with Crippen LogP contribution in [0.1, 0.15) is 19.4 Å². The molecule has 0 radical (unpaired) electrons. The van der Waals surface area contributed by atoms with E-state index in [9.17, 15) is 8.42 Å². The Labute approximate surface area is 119 Å². The minimum Gasteiger partial charge on any atom is -0.389 e. The Hall–Kier alpha value is -1.02. The molecule has 7 heteroatoms. The molecular weight excluding hydrogens is 284 g/mol. The molecule has 0 saturated carbocycles. The van der Waals surface area contributed by atoms with E-state index in [-0.39, 0.29) is 22.5 Å². The second-order valence-electron chi connectivity index (χ2n) is 4.01. The van der Waals surface area contributed by atoms with Gasteiger partial charge in [0.25, 0.3) is 0 Å². The summed E-state index contributed by atoms with van der Waals surface area (Å²) in [5.41, 5.74) is 6.01. The molecule has 0 amide bonds. The number of nitrogens with one attached hydrogen (secondary N) is 1. The van der Waals surface area contributed by atoms with Gasteiger partial charge < -0.3 is 10.5 Å². The summed E-state index contributed by atoms with van der Waals surface area (Å²) in [6.07, 6.45) is -0.182. The van der Waals surface area contributed by atoms with Crippen LogP contribution in [0, 0.1) is 0 Å². The Kier molecular flexibility index (Phi) is 5.86. The summed E-state index contributed by atoms with van der Waals surface area (Å²) in [4.78, 5) is 0.307. The first kappa shape index (κ1) is 16.0. The van der Waals surface area contributed by atoms with E-state index in [4.69, 9.17) is 22.7 Å². The molecule has 5 nitrogen and oxygen atoms in total. The van der Waals surface area contributed by atoms with Crippen molar-refractivity contribution >= 4 is 27.2 Å². The van der Waals surface area contributed by atoms with Gasteiger partial charge in [-0.05, 0) is 26.0 Å². The molecule has 0 aromatic heterocycles. The van der Waals surface area contributed by atoms with Crippen LogP contribution in [0.25, 0.3) is 0 Å². The number of thiocarbonyl (C=S) groups is 1. The molecule has 1 aromatic carbocycles. The van der Waals surface area contributed by atoms with Crippen LogP contribution in [0.3, 0.4) is 0 Å². The normalized spacial score (nSPS) is 13.2. The van der Waals surface area contributed by atoms with Crippen molar-refractivity contribution in [2.75, 3.05) is 13.2 Å². The first-order valence-electron chi connectivity index (χ1n) is 5.88. The van der Waals surface area contributed by atoms with Gasteiger partial charge in [-0.2, -0.15) is 0 Å². The lowest BCUT2D eigenvalue weighted by atomic mass is 10.2. The van der Waals surface area contributed by atoms with Crippen molar-refractivity contribution in [3.8, 4) is 0 Å². The molecular formula is C12H18N2O3S2. The third-order valence-corrected chi connectivity index (χ3v) is 4.10. The van der Waals surface area contributed by atoms with E-state index in [2.05, 4.69) is 4.72 Å². The zero-order chi connectivity index (χ0) is 14.5. The number of rotatable bonds is 7. The van der Waals surface area contributed by atoms with E-state index in [1.165, 1.54) is 12.1 Å². The molecule has 1 atom stereocenters. The Balaban J connectivity index is 2.83. The predicted molar refractivity (Wildman–Crippen MR) is 78.6 cm³/mol. The predicted octanol–water partition coefficient (Wildman–Crippen LogP) is 1.02. The Bertz CT molecular complexity index is 544. The zero-order valence-electron chi connectivity index (χ0n) is 10.9. The van der Waals surface area contributed by atoms with Gasteiger partial charge in [0.15, 0.2) is 0 Å². The van der Waals surface area contributed by atoms with E-state index in [1.807, 2.05) is 6.92 Å². The van der Waals surface area contributed by atoms with Gasteiger partial charge in [-0.1, -0.05) is 24.4 Å². The van der Waals surface area contributed by atoms with E-state index in [1.54, 1.807) is 19.1 Å². The van der Waals surface area contributed by atoms with Crippen molar-refractivity contribution in [3.63, 3.8) is 0 Å². The maximum Gasteiger partial charge on any atom is 0.240 e. The van der Waals surface area contributed by atoms with Gasteiger partial charge in [-0.25, -0.2) is 13.1 Å². The molecule has 1 aromatic rings. The number of ether oxygens (including phenoxy) is 1. The Morgan fingerprint density at radius 3 is 2.79 bits per heavy atom. The number of hydrogen-bond donors (Lipinski definition) is 2. The van der Waals surface area contributed by atoms with E-state index < -0.39 is 10.0 Å². The number of hydrogen-bond acceptors (Lipinski definition) is 4. The van der Waals surface area contributed by atoms with Crippen molar-refractivity contribution in [1.82, 2.24) is 4.72 Å². The van der Waals surface area contributed by atoms with Crippen molar-refractivity contribution in [2.24, 2.45) is 5.73 Å². The summed E-state index contributed by atoms with van der Waals surface area (Å²) < 4.78 is 31.9. The minimum atomic E-state index is -3.57. The largest absolute Gasteiger partial charge is 0.389 e. The highest BCUT2D eigenvalue weighted by molar-refractivity contribution is 7.89. The molecule has 3 N–H and O–H groups in total. The lowest BCUT2D eigenvalue weighted by Gasteiger charge is -2.13. The van der Waals surface area contributed by atoms with E-state index >= 15 is 0 Å². The Morgan fingerprint density at radius 1 is 1.53 bits per heavy atom. The average Bonchev–Trinajstić information content (AvgIpc) is 2.37. The summed E-state index contributed by atoms with van der Waals surface area (Å²) in [6.45, 7) is 4.42. The quantitative estimate of drug-likeness (QED) is 0.735. The molecule has 0 aliphatic carbocycles. The number of sulfonamides is 1. The van der Waals surface area contributed by atoms with Crippen molar-refractivity contribution in [1.29, 1.82) is 0 Å². The van der Waals surface area contributed by atoms with Crippen LogP contribution < -0.4 is 10.5 Å². The first-order chi connectivity index (χ1) is 8.86. The maximum atomic E-state index is 12.1. The SMILES string of the molecule is CCOC(C)CNS(=O)(=O)c1cccc(C(N)=S)c1. The highest BCUT2D eigenvalue weighted by Gasteiger charge is 2.15. The molecule has 0 aliphatic rings. The summed E-state index contributed by atoms with van der Waals surface area (Å²) in [5.74, 6) is 0. The van der Waals surface area contributed by atoms with Gasteiger partial charge in [-0.3, -0.25) is 0 Å². The number of nitrogens with two attached hydrogens (primary N) is 1. The van der Waals surface area contributed by atoms with E-state index in [0.29, 0.717) is 12.2 Å². The van der Waals surface area contributed by atoms with Crippen molar-refractivity contribution < 1.29 is 13.2 Å². The van der Waals surface area contributed by atoms with Gasteiger partial charge in [0.1, 0.15) is 4.99 Å². The van der Waals surface area contributed by atoms with Gasteiger partial charge in [0, 0.05) is 18.7 Å². The van der Waals surface area contributed by atoms with Crippen molar-refractivity contribution in [2.45, 2.75) is 24.8 Å². The van der Waals surface area contributed by atoms with Crippen LogP contribution in [0.15, 0.2) is 29.2 Å². The monoisotopic (exact) mass is 302 g/mol. The smallest absolute Gasteiger partial charge is 0.240 e. The molecule has 0 fully saturated rings. The minimum absolute atomic E-state index is 0.140. The molecule has 0 heterocycles. The molecule has 0 spiro atoms. The topological polar surface area (TPSA) is 81.4 Å². The molecule has 0 bridgehead atoms. The standard InChI is InChI=1S/C12H18N2O3S2/c1-3-17-9(2)8-14-19(15,16)11-6-4-5-10(7-11)12(13)18/h4-7,9,14H,3,8H2,1-2H3,(H2,13,18). The highest BCUT2D eigenvalue weighted by atomic mass is 32.2.